The quantitative estimate of drug-likeness (QED) is 0.706. The number of carboxylic acid groups (broad SMARTS) is 1. The van der Waals surface area contributed by atoms with Gasteiger partial charge in [0.05, 0.1) is 13.0 Å². The van der Waals surface area contributed by atoms with Crippen LogP contribution in [0.15, 0.2) is 0 Å². The van der Waals surface area contributed by atoms with Gasteiger partial charge in [0.15, 0.2) is 0 Å². The van der Waals surface area contributed by atoms with Crippen molar-refractivity contribution in [3.63, 3.8) is 0 Å². The fourth-order valence-electron chi connectivity index (χ4n) is 0.908. The molecule has 3 nitrogen and oxygen atoms in total. The minimum atomic E-state index is -2.82. The third-order valence-corrected chi connectivity index (χ3v) is 1.82. The van der Waals surface area contributed by atoms with Gasteiger partial charge in [-0.15, -0.1) is 0 Å². The summed E-state index contributed by atoms with van der Waals surface area (Å²) in [6.45, 7) is 0.530. The van der Waals surface area contributed by atoms with Crippen LogP contribution in [0, 0.1) is 11.8 Å². The Balaban J connectivity index is 3.88. The molecule has 0 amide bonds. The van der Waals surface area contributed by atoms with Crippen LogP contribution in [0.1, 0.15) is 20.3 Å². The van der Waals surface area contributed by atoms with Gasteiger partial charge in [-0.25, -0.2) is 0 Å². The van der Waals surface area contributed by atoms with E-state index in [4.69, 9.17) is 5.11 Å². The van der Waals surface area contributed by atoms with Crippen molar-refractivity contribution in [3.05, 3.63) is 0 Å². The molecule has 0 bridgehead atoms. The number of alkyl halides is 2. The maximum absolute atomic E-state index is 11.6. The maximum Gasteiger partial charge on any atom is 0.345 e. The Morgan fingerprint density at radius 3 is 2.31 bits per heavy atom. The highest BCUT2D eigenvalue weighted by Crippen LogP contribution is 2.16. The minimum Gasteiger partial charge on any atom is -0.481 e. The topological polar surface area (TPSA) is 46.5 Å². The predicted molar refractivity (Wildman–Crippen MR) is 42.5 cm³/mol. The highest BCUT2D eigenvalue weighted by molar-refractivity contribution is 5.67. The Morgan fingerprint density at radius 2 is 2.00 bits per heavy atom. The van der Waals surface area contributed by atoms with Crippen LogP contribution in [-0.4, -0.2) is 24.3 Å². The average Bonchev–Trinajstić information content (AvgIpc) is 1.96. The summed E-state index contributed by atoms with van der Waals surface area (Å²) in [5.41, 5.74) is 0. The Labute approximate surface area is 75.7 Å². The van der Waals surface area contributed by atoms with Crippen LogP contribution in [0.4, 0.5) is 8.78 Å². The molecule has 0 radical (unpaired) electrons. The summed E-state index contributed by atoms with van der Waals surface area (Å²) >= 11 is 0. The summed E-state index contributed by atoms with van der Waals surface area (Å²) in [7, 11) is 0. The largest absolute Gasteiger partial charge is 0.481 e. The van der Waals surface area contributed by atoms with Crippen molar-refractivity contribution in [2.24, 2.45) is 11.8 Å². The number of carboxylic acids is 1. The molecule has 0 aromatic rings. The van der Waals surface area contributed by atoms with Gasteiger partial charge in [0.25, 0.3) is 0 Å². The van der Waals surface area contributed by atoms with Crippen LogP contribution < -0.4 is 0 Å². The zero-order valence-electron chi connectivity index (χ0n) is 7.67. The summed E-state index contributed by atoms with van der Waals surface area (Å²) in [6, 6.07) is 0. The van der Waals surface area contributed by atoms with E-state index in [9.17, 15) is 13.6 Å². The van der Waals surface area contributed by atoms with Gasteiger partial charge < -0.3 is 9.84 Å². The van der Waals surface area contributed by atoms with E-state index in [1.807, 2.05) is 0 Å². The highest BCUT2D eigenvalue weighted by atomic mass is 19.3. The second-order valence-electron chi connectivity index (χ2n) is 3.20. The first kappa shape index (κ1) is 12.3. The Morgan fingerprint density at radius 1 is 1.46 bits per heavy atom. The van der Waals surface area contributed by atoms with Gasteiger partial charge in [-0.2, -0.15) is 8.78 Å². The lowest BCUT2D eigenvalue weighted by molar-refractivity contribution is -0.151. The first-order valence-electron chi connectivity index (χ1n) is 4.05. The second-order valence-corrected chi connectivity index (χ2v) is 3.20. The molecular formula is C8H14F2O3. The molecule has 1 atom stereocenters. The summed E-state index contributed by atoms with van der Waals surface area (Å²) in [5.74, 6) is -1.32. The molecule has 0 aliphatic rings. The van der Waals surface area contributed by atoms with Crippen LogP contribution in [0.3, 0.4) is 0 Å². The van der Waals surface area contributed by atoms with Crippen molar-refractivity contribution in [3.8, 4) is 0 Å². The third kappa shape index (κ3) is 6.45. The highest BCUT2D eigenvalue weighted by Gasteiger charge is 2.18. The SMILES string of the molecule is CC(C)C(COC(F)F)CC(=O)O. The van der Waals surface area contributed by atoms with Crippen LogP contribution >= 0.6 is 0 Å². The van der Waals surface area contributed by atoms with Gasteiger partial charge >= 0.3 is 12.6 Å². The van der Waals surface area contributed by atoms with E-state index in [1.165, 1.54) is 0 Å². The molecule has 0 heterocycles. The number of halogens is 2. The van der Waals surface area contributed by atoms with Gasteiger partial charge in [-0.05, 0) is 11.8 Å². The normalized spacial score (nSPS) is 13.7. The molecule has 0 rings (SSSR count). The van der Waals surface area contributed by atoms with Crippen molar-refractivity contribution in [2.45, 2.75) is 26.9 Å². The first-order valence-corrected chi connectivity index (χ1v) is 4.05. The molecule has 5 heteroatoms. The molecule has 13 heavy (non-hydrogen) atoms. The number of aliphatic carboxylic acids is 1. The van der Waals surface area contributed by atoms with Gasteiger partial charge in [-0.1, -0.05) is 13.8 Å². The zero-order chi connectivity index (χ0) is 10.4. The van der Waals surface area contributed by atoms with Crippen LogP contribution in [0.5, 0.6) is 0 Å². The van der Waals surface area contributed by atoms with Crippen molar-refractivity contribution in [1.82, 2.24) is 0 Å². The molecule has 0 aliphatic carbocycles. The van der Waals surface area contributed by atoms with Crippen LogP contribution in [0.2, 0.25) is 0 Å². The Bertz CT molecular complexity index is 159. The number of carbonyl (C=O) groups is 1. The first-order chi connectivity index (χ1) is 5.93. The second kappa shape index (κ2) is 5.85. The Hall–Kier alpha value is -0.710. The summed E-state index contributed by atoms with van der Waals surface area (Å²) < 4.78 is 27.3. The van der Waals surface area contributed by atoms with E-state index in [1.54, 1.807) is 13.8 Å². The molecule has 0 aromatic carbocycles. The summed E-state index contributed by atoms with van der Waals surface area (Å²) in [4.78, 5) is 10.3. The fraction of sp³-hybridized carbons (Fsp3) is 0.875. The molecule has 1 N–H and O–H groups in total. The van der Waals surface area contributed by atoms with Crippen molar-refractivity contribution >= 4 is 5.97 Å². The van der Waals surface area contributed by atoms with Gasteiger partial charge in [0.2, 0.25) is 0 Å². The smallest absolute Gasteiger partial charge is 0.345 e. The molecule has 0 fully saturated rings. The molecule has 0 aliphatic heterocycles. The monoisotopic (exact) mass is 196 g/mol. The lowest BCUT2D eigenvalue weighted by Crippen LogP contribution is -2.21. The van der Waals surface area contributed by atoms with Crippen LogP contribution in [0.25, 0.3) is 0 Å². The van der Waals surface area contributed by atoms with Gasteiger partial charge in [0.1, 0.15) is 0 Å². The Kier molecular flexibility index (Phi) is 5.53. The minimum absolute atomic E-state index is 0.0230. The molecule has 0 saturated heterocycles. The number of hydrogen-bond donors (Lipinski definition) is 1. The number of hydrogen-bond acceptors (Lipinski definition) is 2. The summed E-state index contributed by atoms with van der Waals surface area (Å²) in [5, 5.41) is 8.45. The zero-order valence-corrected chi connectivity index (χ0v) is 7.67. The molecule has 1 unspecified atom stereocenters. The molecule has 0 spiro atoms. The van der Waals surface area contributed by atoms with E-state index in [0.717, 1.165) is 0 Å². The van der Waals surface area contributed by atoms with Crippen molar-refractivity contribution in [1.29, 1.82) is 0 Å². The lowest BCUT2D eigenvalue weighted by atomic mass is 9.93. The number of rotatable bonds is 6. The van der Waals surface area contributed by atoms with Crippen molar-refractivity contribution < 1.29 is 23.4 Å². The molecule has 0 saturated carbocycles. The van der Waals surface area contributed by atoms with E-state index < -0.39 is 12.6 Å². The molecule has 0 aromatic heterocycles. The molecule has 78 valence electrons. The standard InChI is InChI=1S/C8H14F2O3/c1-5(2)6(3-7(11)12)4-13-8(9)10/h5-6,8H,3-4H2,1-2H3,(H,11,12). The van der Waals surface area contributed by atoms with E-state index >= 15 is 0 Å². The van der Waals surface area contributed by atoms with Gasteiger partial charge in [0, 0.05) is 0 Å². The maximum atomic E-state index is 11.6. The summed E-state index contributed by atoms with van der Waals surface area (Å²) in [6.07, 6.45) is -0.135. The van der Waals surface area contributed by atoms with Crippen LogP contribution in [-0.2, 0) is 9.53 Å². The third-order valence-electron chi connectivity index (χ3n) is 1.82. The van der Waals surface area contributed by atoms with E-state index in [-0.39, 0.29) is 24.9 Å². The fourth-order valence-corrected chi connectivity index (χ4v) is 0.908. The van der Waals surface area contributed by atoms with E-state index in [2.05, 4.69) is 4.74 Å². The van der Waals surface area contributed by atoms with Crippen molar-refractivity contribution in [2.75, 3.05) is 6.61 Å². The average molecular weight is 196 g/mol. The lowest BCUT2D eigenvalue weighted by Gasteiger charge is -2.18. The predicted octanol–water partition coefficient (Wildman–Crippen LogP) is 1.97. The van der Waals surface area contributed by atoms with E-state index in [0.29, 0.717) is 0 Å². The molecular weight excluding hydrogens is 182 g/mol. The van der Waals surface area contributed by atoms with Gasteiger partial charge in [-0.3, -0.25) is 4.79 Å². The number of ether oxygens (including phenoxy) is 1.